The Morgan fingerprint density at radius 3 is 2.96 bits per heavy atom. The zero-order chi connectivity index (χ0) is 17.4. The molecule has 1 aromatic carbocycles. The molecule has 2 aliphatic rings. The highest BCUT2D eigenvalue weighted by molar-refractivity contribution is 8.03. The first-order chi connectivity index (χ1) is 12.1. The van der Waals surface area contributed by atoms with Gasteiger partial charge in [0.1, 0.15) is 5.69 Å². The lowest BCUT2D eigenvalue weighted by molar-refractivity contribution is 0.0672. The Morgan fingerprint density at radius 2 is 2.28 bits per heavy atom. The minimum atomic E-state index is 0.0238. The van der Waals surface area contributed by atoms with Crippen LogP contribution in [0, 0.1) is 12.8 Å². The number of amides is 1. The molecule has 1 fully saturated rings. The van der Waals surface area contributed by atoms with E-state index < -0.39 is 0 Å². The van der Waals surface area contributed by atoms with Gasteiger partial charge in [0, 0.05) is 30.1 Å². The van der Waals surface area contributed by atoms with Crippen molar-refractivity contribution in [3.05, 3.63) is 58.3 Å². The van der Waals surface area contributed by atoms with Gasteiger partial charge in [0.15, 0.2) is 0 Å². The van der Waals surface area contributed by atoms with Crippen molar-refractivity contribution in [2.24, 2.45) is 5.92 Å². The Labute approximate surface area is 152 Å². The van der Waals surface area contributed by atoms with E-state index in [0.29, 0.717) is 18.2 Å². The van der Waals surface area contributed by atoms with E-state index in [4.69, 9.17) is 0 Å². The first-order valence-corrected chi connectivity index (χ1v) is 9.69. The fraction of sp³-hybridized carbons (Fsp3) is 0.400. The van der Waals surface area contributed by atoms with Crippen molar-refractivity contribution >= 4 is 17.7 Å². The first-order valence-electron chi connectivity index (χ1n) is 8.88. The van der Waals surface area contributed by atoms with Gasteiger partial charge in [-0.25, -0.2) is 0 Å². The van der Waals surface area contributed by atoms with E-state index in [1.807, 2.05) is 17.9 Å². The van der Waals surface area contributed by atoms with E-state index in [0.717, 1.165) is 18.7 Å². The predicted molar refractivity (Wildman–Crippen MR) is 101 cm³/mol. The van der Waals surface area contributed by atoms with Crippen LogP contribution >= 0.6 is 11.8 Å². The monoisotopic (exact) mass is 353 g/mol. The smallest absolute Gasteiger partial charge is 0.274 e. The molecule has 0 spiro atoms. The molecule has 0 atom stereocenters. The maximum absolute atomic E-state index is 13.0. The molecule has 4 rings (SSSR count). The molecule has 2 aromatic rings. The van der Waals surface area contributed by atoms with Gasteiger partial charge in [-0.3, -0.25) is 9.89 Å². The van der Waals surface area contributed by atoms with E-state index >= 15 is 0 Å². The predicted octanol–water partition coefficient (Wildman–Crippen LogP) is 4.32. The van der Waals surface area contributed by atoms with Crippen LogP contribution in [0.4, 0.5) is 0 Å². The second kappa shape index (κ2) is 6.71. The van der Waals surface area contributed by atoms with Crippen LogP contribution in [-0.2, 0) is 13.0 Å². The van der Waals surface area contributed by atoms with Gasteiger partial charge in [-0.1, -0.05) is 43.0 Å². The van der Waals surface area contributed by atoms with E-state index in [9.17, 15) is 4.79 Å². The molecule has 0 saturated heterocycles. The molecular formula is C20H23N3OS. The summed E-state index contributed by atoms with van der Waals surface area (Å²) in [5.74, 6) is 0.652. The Bertz CT molecular complexity index is 822. The van der Waals surface area contributed by atoms with Crippen LogP contribution < -0.4 is 0 Å². The number of nitrogens with zero attached hydrogens (tertiary/aromatic N) is 2. The molecule has 0 bridgehead atoms. The van der Waals surface area contributed by atoms with Gasteiger partial charge in [-0.05, 0) is 47.8 Å². The van der Waals surface area contributed by atoms with Crippen LogP contribution in [0.5, 0.6) is 0 Å². The second-order valence-electron chi connectivity index (χ2n) is 7.14. The van der Waals surface area contributed by atoms with Crippen molar-refractivity contribution in [3.8, 4) is 0 Å². The lowest BCUT2D eigenvalue weighted by atomic mass is 9.85. The average Bonchev–Trinajstić information content (AvgIpc) is 3.14. The van der Waals surface area contributed by atoms with Crippen molar-refractivity contribution in [3.63, 3.8) is 0 Å². The lowest BCUT2D eigenvalue weighted by Gasteiger charge is -2.32. The van der Waals surface area contributed by atoms with Crippen LogP contribution in [-0.4, -0.2) is 27.5 Å². The lowest BCUT2D eigenvalue weighted by Crippen LogP contribution is -2.37. The summed E-state index contributed by atoms with van der Waals surface area (Å²) in [5, 5.41) is 7.06. The highest BCUT2D eigenvalue weighted by atomic mass is 32.2. The number of aryl methyl sites for hydroxylation is 1. The number of aromatic nitrogens is 2. The molecule has 1 N–H and O–H groups in total. The zero-order valence-corrected chi connectivity index (χ0v) is 15.4. The van der Waals surface area contributed by atoms with Crippen molar-refractivity contribution in [2.75, 3.05) is 6.54 Å². The van der Waals surface area contributed by atoms with Crippen molar-refractivity contribution in [1.82, 2.24) is 15.1 Å². The van der Waals surface area contributed by atoms with Crippen molar-refractivity contribution < 1.29 is 4.79 Å². The van der Waals surface area contributed by atoms with Crippen LogP contribution in [0.1, 0.15) is 46.6 Å². The molecule has 1 aromatic heterocycles. The molecule has 4 nitrogen and oxygen atoms in total. The number of aromatic amines is 1. The van der Waals surface area contributed by atoms with Crippen LogP contribution in [0.2, 0.25) is 0 Å². The zero-order valence-electron chi connectivity index (χ0n) is 14.5. The van der Waals surface area contributed by atoms with Gasteiger partial charge in [0.2, 0.25) is 0 Å². The number of hydrogen-bond donors (Lipinski definition) is 1. The highest BCUT2D eigenvalue weighted by Gasteiger charge is 2.27. The van der Waals surface area contributed by atoms with Crippen molar-refractivity contribution in [2.45, 2.75) is 44.0 Å². The number of carbonyl (C=O) groups excluding carboxylic acids is 1. The fourth-order valence-electron chi connectivity index (χ4n) is 3.53. The number of allylic oxidation sites excluding steroid dienone is 1. The Balaban J connectivity index is 1.59. The molecule has 130 valence electrons. The minimum absolute atomic E-state index is 0.0238. The maximum atomic E-state index is 13.0. The number of hydrogen-bond acceptors (Lipinski definition) is 3. The Morgan fingerprint density at radius 1 is 1.44 bits per heavy atom. The third-order valence-corrected chi connectivity index (χ3v) is 6.25. The summed E-state index contributed by atoms with van der Waals surface area (Å²) < 4.78 is 0. The quantitative estimate of drug-likeness (QED) is 0.871. The third kappa shape index (κ3) is 3.38. The summed E-state index contributed by atoms with van der Waals surface area (Å²) in [6.07, 6.45) is 4.66. The molecule has 1 aliphatic heterocycles. The van der Waals surface area contributed by atoms with E-state index in [2.05, 4.69) is 35.0 Å². The molecule has 1 aliphatic carbocycles. The van der Waals surface area contributed by atoms with Crippen LogP contribution in [0.25, 0.3) is 0 Å². The van der Waals surface area contributed by atoms with Gasteiger partial charge in [0.25, 0.3) is 5.91 Å². The summed E-state index contributed by atoms with van der Waals surface area (Å²) in [6.45, 7) is 7.50. The Kier molecular flexibility index (Phi) is 4.42. The molecule has 0 unspecified atom stereocenters. The average molecular weight is 353 g/mol. The summed E-state index contributed by atoms with van der Waals surface area (Å²) in [5.41, 5.74) is 3.99. The minimum Gasteiger partial charge on any atom is -0.333 e. The third-order valence-electron chi connectivity index (χ3n) is 5.09. The number of fused-ring (bicyclic) bond motifs is 1. The van der Waals surface area contributed by atoms with Gasteiger partial charge < -0.3 is 4.90 Å². The van der Waals surface area contributed by atoms with Crippen LogP contribution in [0.15, 0.2) is 40.6 Å². The number of nitrogens with one attached hydrogen (secondary N) is 1. The molecule has 25 heavy (non-hydrogen) atoms. The molecule has 2 heterocycles. The molecule has 0 radical (unpaired) electrons. The van der Waals surface area contributed by atoms with Gasteiger partial charge in [0.05, 0.1) is 0 Å². The largest absolute Gasteiger partial charge is 0.333 e. The number of carbonyl (C=O) groups is 1. The fourth-order valence-corrected chi connectivity index (χ4v) is 4.58. The first kappa shape index (κ1) is 16.5. The normalized spacial score (nSPS) is 16.6. The van der Waals surface area contributed by atoms with Crippen molar-refractivity contribution in [1.29, 1.82) is 0 Å². The molecular weight excluding hydrogens is 330 g/mol. The van der Waals surface area contributed by atoms with Gasteiger partial charge >= 0.3 is 0 Å². The number of rotatable bonds is 5. The van der Waals surface area contributed by atoms with E-state index in [1.54, 1.807) is 11.8 Å². The number of thioether (sulfide) groups is 1. The molecule has 5 heteroatoms. The summed E-state index contributed by atoms with van der Waals surface area (Å²) in [6, 6.07) is 8.24. The summed E-state index contributed by atoms with van der Waals surface area (Å²) >= 11 is 1.76. The number of benzene rings is 1. The van der Waals surface area contributed by atoms with Gasteiger partial charge in [-0.2, -0.15) is 5.10 Å². The second-order valence-corrected chi connectivity index (χ2v) is 8.33. The van der Waals surface area contributed by atoms with E-state index in [-0.39, 0.29) is 5.91 Å². The number of H-pyrrole nitrogens is 1. The SMILES string of the molecule is C=C1Cc2cccc(CN(CC3CCC3)C(=O)c3cc(C)[nH]n3)c2S1. The van der Waals surface area contributed by atoms with E-state index in [1.165, 1.54) is 40.2 Å². The maximum Gasteiger partial charge on any atom is 0.274 e. The summed E-state index contributed by atoms with van der Waals surface area (Å²) in [7, 11) is 0. The summed E-state index contributed by atoms with van der Waals surface area (Å²) in [4.78, 5) is 17.5. The topological polar surface area (TPSA) is 49.0 Å². The Hall–Kier alpha value is -2.01. The molecule has 1 amide bonds. The standard InChI is InChI=1S/C20H23N3OS/c1-13-9-18(22-21-13)20(24)23(11-15-5-3-6-15)12-17-8-4-7-16-10-14(2)25-19(16)17/h4,7-9,15H,2-3,5-6,10-12H2,1H3,(H,21,22). The van der Waals surface area contributed by atoms with Gasteiger partial charge in [-0.15, -0.1) is 0 Å². The molecule has 1 saturated carbocycles. The highest BCUT2D eigenvalue weighted by Crippen LogP contribution is 2.41. The van der Waals surface area contributed by atoms with Crippen LogP contribution in [0.3, 0.4) is 0 Å².